The lowest BCUT2D eigenvalue weighted by molar-refractivity contribution is 0.582. The Bertz CT molecular complexity index is 1100. The van der Waals surface area contributed by atoms with Crippen molar-refractivity contribution in [2.24, 2.45) is 0 Å². The number of benzene rings is 3. The Morgan fingerprint density at radius 3 is 2.21 bits per heavy atom. The topological polar surface area (TPSA) is 37.4 Å². The van der Waals surface area contributed by atoms with Crippen molar-refractivity contribution < 1.29 is 12.8 Å². The molecule has 0 saturated heterocycles. The van der Waals surface area contributed by atoms with Crippen molar-refractivity contribution in [3.8, 4) is 0 Å². The molecular formula is C22H21ClFNO2S. The quantitative estimate of drug-likeness (QED) is 0.506. The minimum absolute atomic E-state index is 0.0561. The van der Waals surface area contributed by atoms with Crippen LogP contribution in [0.3, 0.4) is 0 Å². The average Bonchev–Trinajstić information content (AvgIpc) is 2.64. The van der Waals surface area contributed by atoms with Crippen molar-refractivity contribution in [3.63, 3.8) is 0 Å². The predicted octanol–water partition coefficient (Wildman–Crippen LogP) is 6.05. The van der Waals surface area contributed by atoms with E-state index in [2.05, 4.69) is 0 Å². The SMILES string of the molecule is Cc1ccc([C@@H](C)N(c2cccc(C)c2)S(=O)(=O)c2ccc(F)c(Cl)c2)cc1. The maximum atomic E-state index is 13.6. The molecular weight excluding hydrogens is 397 g/mol. The van der Waals surface area contributed by atoms with Crippen LogP contribution in [0.15, 0.2) is 71.6 Å². The van der Waals surface area contributed by atoms with Gasteiger partial charge in [0.25, 0.3) is 10.0 Å². The summed E-state index contributed by atoms with van der Waals surface area (Å²) in [6, 6.07) is 18.0. The van der Waals surface area contributed by atoms with Gasteiger partial charge in [0.15, 0.2) is 0 Å². The number of sulfonamides is 1. The van der Waals surface area contributed by atoms with E-state index in [1.165, 1.54) is 10.4 Å². The molecule has 28 heavy (non-hydrogen) atoms. The summed E-state index contributed by atoms with van der Waals surface area (Å²) in [5.41, 5.74) is 3.41. The first-order chi connectivity index (χ1) is 13.2. The largest absolute Gasteiger partial charge is 0.264 e. The van der Waals surface area contributed by atoms with Crippen molar-refractivity contribution in [1.29, 1.82) is 0 Å². The lowest BCUT2D eigenvalue weighted by Crippen LogP contribution is -2.33. The smallest absolute Gasteiger partial charge is 0.259 e. The molecule has 0 spiro atoms. The third kappa shape index (κ3) is 4.05. The standard InChI is InChI=1S/C22H21ClFNO2S/c1-15-7-9-18(10-8-15)17(3)25(19-6-4-5-16(2)13-19)28(26,27)20-11-12-22(24)21(23)14-20/h4-14,17H,1-3H3/t17-/m1/s1. The molecule has 3 aromatic carbocycles. The van der Waals surface area contributed by atoms with Gasteiger partial charge in [0.1, 0.15) is 5.82 Å². The number of hydrogen-bond acceptors (Lipinski definition) is 2. The van der Waals surface area contributed by atoms with Gasteiger partial charge in [0, 0.05) is 0 Å². The lowest BCUT2D eigenvalue weighted by atomic mass is 10.1. The predicted molar refractivity (Wildman–Crippen MR) is 112 cm³/mol. The Hall–Kier alpha value is -2.37. The van der Waals surface area contributed by atoms with E-state index < -0.39 is 21.9 Å². The zero-order chi connectivity index (χ0) is 20.5. The third-order valence-corrected chi connectivity index (χ3v) is 6.80. The van der Waals surface area contributed by atoms with Gasteiger partial charge < -0.3 is 0 Å². The van der Waals surface area contributed by atoms with Crippen LogP contribution in [0.2, 0.25) is 5.02 Å². The monoisotopic (exact) mass is 417 g/mol. The minimum Gasteiger partial charge on any atom is -0.259 e. The van der Waals surface area contributed by atoms with E-state index in [-0.39, 0.29) is 9.92 Å². The Kier molecular flexibility index (Phi) is 5.77. The van der Waals surface area contributed by atoms with Crippen LogP contribution >= 0.6 is 11.6 Å². The van der Waals surface area contributed by atoms with Crippen LogP contribution < -0.4 is 4.31 Å². The van der Waals surface area contributed by atoms with Crippen molar-refractivity contribution in [3.05, 3.63) is 94.3 Å². The van der Waals surface area contributed by atoms with Crippen molar-refractivity contribution >= 4 is 27.3 Å². The number of halogens is 2. The summed E-state index contributed by atoms with van der Waals surface area (Å²) in [7, 11) is -3.99. The van der Waals surface area contributed by atoms with Gasteiger partial charge in [0.2, 0.25) is 0 Å². The number of aryl methyl sites for hydroxylation is 2. The highest BCUT2D eigenvalue weighted by atomic mass is 35.5. The second kappa shape index (κ2) is 7.94. The Morgan fingerprint density at radius 2 is 1.61 bits per heavy atom. The highest BCUT2D eigenvalue weighted by Crippen LogP contribution is 2.34. The highest BCUT2D eigenvalue weighted by molar-refractivity contribution is 7.92. The summed E-state index contributed by atoms with van der Waals surface area (Å²) in [4.78, 5) is -0.0561. The molecule has 0 aliphatic carbocycles. The van der Waals surface area contributed by atoms with Crippen LogP contribution in [0.5, 0.6) is 0 Å². The van der Waals surface area contributed by atoms with E-state index in [4.69, 9.17) is 11.6 Å². The van der Waals surface area contributed by atoms with Crippen LogP contribution in [0.1, 0.15) is 29.7 Å². The molecule has 146 valence electrons. The molecule has 0 N–H and O–H groups in total. The normalized spacial score (nSPS) is 12.6. The van der Waals surface area contributed by atoms with Crippen molar-refractivity contribution in [1.82, 2.24) is 0 Å². The van der Waals surface area contributed by atoms with Crippen LogP contribution in [-0.2, 0) is 10.0 Å². The van der Waals surface area contributed by atoms with Crippen LogP contribution in [0, 0.1) is 19.7 Å². The Labute approximate surface area is 170 Å². The van der Waals surface area contributed by atoms with Gasteiger partial charge in [0.05, 0.1) is 21.6 Å². The van der Waals surface area contributed by atoms with E-state index in [1.807, 2.05) is 63.2 Å². The van der Waals surface area contributed by atoms with Gasteiger partial charge in [-0.3, -0.25) is 4.31 Å². The van der Waals surface area contributed by atoms with Gasteiger partial charge in [-0.2, -0.15) is 0 Å². The lowest BCUT2D eigenvalue weighted by Gasteiger charge is -2.31. The van der Waals surface area contributed by atoms with Gasteiger partial charge in [-0.05, 0) is 62.2 Å². The number of nitrogens with zero attached hydrogens (tertiary/aromatic N) is 1. The molecule has 0 heterocycles. The third-order valence-electron chi connectivity index (χ3n) is 4.62. The number of anilines is 1. The summed E-state index contributed by atoms with van der Waals surface area (Å²) < 4.78 is 42.0. The maximum Gasteiger partial charge on any atom is 0.264 e. The highest BCUT2D eigenvalue weighted by Gasteiger charge is 2.31. The van der Waals surface area contributed by atoms with E-state index >= 15 is 0 Å². The van der Waals surface area contributed by atoms with Crippen molar-refractivity contribution in [2.45, 2.75) is 31.7 Å². The fourth-order valence-corrected chi connectivity index (χ4v) is 4.98. The summed E-state index contributed by atoms with van der Waals surface area (Å²) in [6.45, 7) is 5.71. The van der Waals surface area contributed by atoms with E-state index in [0.717, 1.165) is 28.8 Å². The van der Waals surface area contributed by atoms with Gasteiger partial charge in [-0.25, -0.2) is 12.8 Å². The van der Waals surface area contributed by atoms with Crippen LogP contribution in [-0.4, -0.2) is 8.42 Å². The first kappa shape index (κ1) is 20.4. The molecule has 0 aromatic heterocycles. The second-order valence-corrected chi connectivity index (χ2v) is 9.02. The number of hydrogen-bond donors (Lipinski definition) is 0. The second-order valence-electron chi connectivity index (χ2n) is 6.80. The molecule has 0 aliphatic rings. The first-order valence-corrected chi connectivity index (χ1v) is 10.6. The summed E-state index contributed by atoms with van der Waals surface area (Å²) in [6.07, 6.45) is 0. The molecule has 3 aromatic rings. The summed E-state index contributed by atoms with van der Waals surface area (Å²) in [5.74, 6) is -0.658. The molecule has 6 heteroatoms. The zero-order valence-electron chi connectivity index (χ0n) is 15.9. The summed E-state index contributed by atoms with van der Waals surface area (Å²) in [5, 5.41) is -0.228. The number of rotatable bonds is 5. The van der Waals surface area contributed by atoms with Gasteiger partial charge in [-0.1, -0.05) is 53.6 Å². The van der Waals surface area contributed by atoms with E-state index in [1.54, 1.807) is 6.07 Å². The molecule has 3 rings (SSSR count). The fourth-order valence-electron chi connectivity index (χ4n) is 3.07. The van der Waals surface area contributed by atoms with Crippen LogP contribution in [0.25, 0.3) is 0 Å². The van der Waals surface area contributed by atoms with Gasteiger partial charge >= 0.3 is 0 Å². The van der Waals surface area contributed by atoms with Crippen LogP contribution in [0.4, 0.5) is 10.1 Å². The molecule has 0 bridgehead atoms. The molecule has 0 aliphatic heterocycles. The zero-order valence-corrected chi connectivity index (χ0v) is 17.4. The first-order valence-electron chi connectivity index (χ1n) is 8.83. The maximum absolute atomic E-state index is 13.6. The molecule has 0 unspecified atom stereocenters. The minimum atomic E-state index is -3.99. The Morgan fingerprint density at radius 1 is 0.929 bits per heavy atom. The Balaban J connectivity index is 2.17. The molecule has 3 nitrogen and oxygen atoms in total. The molecule has 0 radical (unpaired) electrons. The summed E-state index contributed by atoms with van der Waals surface area (Å²) >= 11 is 5.85. The van der Waals surface area contributed by atoms with E-state index in [0.29, 0.717) is 5.69 Å². The molecule has 1 atom stereocenters. The van der Waals surface area contributed by atoms with Gasteiger partial charge in [-0.15, -0.1) is 0 Å². The molecule has 0 fully saturated rings. The average molecular weight is 418 g/mol. The van der Waals surface area contributed by atoms with E-state index in [9.17, 15) is 12.8 Å². The molecule has 0 saturated carbocycles. The molecule has 0 amide bonds. The van der Waals surface area contributed by atoms with Crippen molar-refractivity contribution in [2.75, 3.05) is 4.31 Å². The fraction of sp³-hybridized carbons (Fsp3) is 0.182.